The minimum Gasteiger partial charge on any atom is -0.462 e. The Morgan fingerprint density at radius 3 is 2.62 bits per heavy atom. The van der Waals surface area contributed by atoms with Crippen molar-refractivity contribution in [3.63, 3.8) is 0 Å². The van der Waals surface area contributed by atoms with E-state index in [4.69, 9.17) is 4.74 Å². The van der Waals surface area contributed by atoms with E-state index in [9.17, 15) is 9.59 Å². The second-order valence-corrected chi connectivity index (χ2v) is 5.39. The molecule has 0 aliphatic rings. The van der Waals surface area contributed by atoms with E-state index in [0.717, 1.165) is 18.5 Å². The number of hydrogen-bond acceptors (Lipinski definition) is 5. The SMILES string of the molecule is CCCNC(C)C(=O)Nc1c(C)csc1C(=O)OCC.Cl. The summed E-state index contributed by atoms with van der Waals surface area (Å²) in [6.07, 6.45) is 0.961. The third-order valence-electron chi connectivity index (χ3n) is 2.78. The van der Waals surface area contributed by atoms with Gasteiger partial charge in [-0.3, -0.25) is 4.79 Å². The van der Waals surface area contributed by atoms with Crippen LogP contribution in [0.25, 0.3) is 0 Å². The number of hydrogen-bond donors (Lipinski definition) is 2. The summed E-state index contributed by atoms with van der Waals surface area (Å²) in [7, 11) is 0. The third-order valence-corrected chi connectivity index (χ3v) is 3.86. The Balaban J connectivity index is 0.00000400. The van der Waals surface area contributed by atoms with Crippen LogP contribution in [0.15, 0.2) is 5.38 Å². The molecule has 120 valence electrons. The van der Waals surface area contributed by atoms with Crippen LogP contribution in [0.5, 0.6) is 0 Å². The standard InChI is InChI=1S/C14H22N2O3S.ClH/c1-5-7-15-10(4)13(17)16-11-9(3)8-20-12(11)14(18)19-6-2;/h8,10,15H,5-7H2,1-4H3,(H,16,17);1H. The number of aryl methyl sites for hydroxylation is 1. The van der Waals surface area contributed by atoms with E-state index in [0.29, 0.717) is 17.2 Å². The van der Waals surface area contributed by atoms with Gasteiger partial charge in [0.05, 0.1) is 18.3 Å². The maximum Gasteiger partial charge on any atom is 0.350 e. The zero-order valence-corrected chi connectivity index (χ0v) is 14.5. The molecular weight excluding hydrogens is 312 g/mol. The second kappa shape index (κ2) is 9.76. The maximum absolute atomic E-state index is 12.1. The van der Waals surface area contributed by atoms with Gasteiger partial charge < -0.3 is 15.4 Å². The van der Waals surface area contributed by atoms with E-state index in [1.807, 2.05) is 19.2 Å². The number of ether oxygens (including phenoxy) is 1. The van der Waals surface area contributed by atoms with Crippen molar-refractivity contribution in [1.29, 1.82) is 0 Å². The number of carbonyl (C=O) groups excluding carboxylic acids is 2. The van der Waals surface area contributed by atoms with Gasteiger partial charge in [-0.1, -0.05) is 6.92 Å². The number of nitrogens with one attached hydrogen (secondary N) is 2. The lowest BCUT2D eigenvalue weighted by molar-refractivity contribution is -0.117. The number of amides is 1. The molecule has 0 radical (unpaired) electrons. The molecule has 1 heterocycles. The maximum atomic E-state index is 12.1. The fourth-order valence-corrected chi connectivity index (χ4v) is 2.53. The van der Waals surface area contributed by atoms with Gasteiger partial charge in [0.1, 0.15) is 4.88 Å². The van der Waals surface area contributed by atoms with Gasteiger partial charge in [0, 0.05) is 0 Å². The van der Waals surface area contributed by atoms with Crippen molar-refractivity contribution in [2.75, 3.05) is 18.5 Å². The summed E-state index contributed by atoms with van der Waals surface area (Å²) in [5.74, 6) is -0.541. The minimum absolute atomic E-state index is 0. The van der Waals surface area contributed by atoms with Crippen molar-refractivity contribution in [3.8, 4) is 0 Å². The molecule has 0 saturated heterocycles. The van der Waals surface area contributed by atoms with E-state index in [2.05, 4.69) is 10.6 Å². The summed E-state index contributed by atoms with van der Waals surface area (Å²) in [5.41, 5.74) is 1.43. The molecule has 7 heteroatoms. The largest absolute Gasteiger partial charge is 0.462 e. The van der Waals surface area contributed by atoms with Gasteiger partial charge >= 0.3 is 5.97 Å². The van der Waals surface area contributed by atoms with Crippen LogP contribution in [-0.4, -0.2) is 31.1 Å². The van der Waals surface area contributed by atoms with Gasteiger partial charge in [-0.25, -0.2) is 4.79 Å². The Morgan fingerprint density at radius 2 is 2.05 bits per heavy atom. The molecular formula is C14H23ClN2O3S. The summed E-state index contributed by atoms with van der Waals surface area (Å²) in [6.45, 7) is 8.56. The zero-order valence-electron chi connectivity index (χ0n) is 12.8. The van der Waals surface area contributed by atoms with Crippen molar-refractivity contribution >= 4 is 41.3 Å². The first-order valence-electron chi connectivity index (χ1n) is 6.80. The summed E-state index contributed by atoms with van der Waals surface area (Å²) in [6, 6.07) is -0.302. The van der Waals surface area contributed by atoms with Gasteiger partial charge in [-0.2, -0.15) is 0 Å². The Morgan fingerprint density at radius 1 is 1.38 bits per heavy atom. The van der Waals surface area contributed by atoms with Crippen LogP contribution in [-0.2, 0) is 9.53 Å². The quantitative estimate of drug-likeness (QED) is 0.752. The van der Waals surface area contributed by atoms with Crippen molar-refractivity contribution < 1.29 is 14.3 Å². The van der Waals surface area contributed by atoms with E-state index < -0.39 is 5.97 Å². The lowest BCUT2D eigenvalue weighted by atomic mass is 10.2. The molecule has 0 aliphatic carbocycles. The Kier molecular flexibility index (Phi) is 9.24. The number of thiophene rings is 1. The fraction of sp³-hybridized carbons (Fsp3) is 0.571. The second-order valence-electron chi connectivity index (χ2n) is 4.51. The summed E-state index contributed by atoms with van der Waals surface area (Å²) >= 11 is 1.29. The Bertz CT molecular complexity index is 477. The molecule has 21 heavy (non-hydrogen) atoms. The zero-order chi connectivity index (χ0) is 15.1. The molecule has 0 aromatic carbocycles. The Labute approximate surface area is 135 Å². The molecule has 2 N–H and O–H groups in total. The molecule has 1 unspecified atom stereocenters. The van der Waals surface area contributed by atoms with E-state index >= 15 is 0 Å². The molecule has 1 rings (SSSR count). The molecule has 0 aliphatic heterocycles. The molecule has 5 nitrogen and oxygen atoms in total. The predicted octanol–water partition coefficient (Wildman–Crippen LogP) is 2.98. The molecule has 1 amide bonds. The van der Waals surface area contributed by atoms with E-state index in [1.165, 1.54) is 11.3 Å². The topological polar surface area (TPSA) is 67.4 Å². The number of halogens is 1. The highest BCUT2D eigenvalue weighted by Gasteiger charge is 2.21. The third kappa shape index (κ3) is 5.65. The first kappa shape index (κ1) is 19.9. The predicted molar refractivity (Wildman–Crippen MR) is 88.6 cm³/mol. The van der Waals surface area contributed by atoms with E-state index in [1.54, 1.807) is 13.8 Å². The van der Waals surface area contributed by atoms with Crippen LogP contribution in [0.4, 0.5) is 5.69 Å². The Hall–Kier alpha value is -1.11. The lowest BCUT2D eigenvalue weighted by Gasteiger charge is -2.14. The number of rotatable bonds is 7. The molecule has 0 saturated carbocycles. The highest BCUT2D eigenvalue weighted by atomic mass is 35.5. The van der Waals surface area contributed by atoms with Crippen molar-refractivity contribution in [2.24, 2.45) is 0 Å². The number of esters is 1. The smallest absolute Gasteiger partial charge is 0.350 e. The lowest BCUT2D eigenvalue weighted by Crippen LogP contribution is -2.38. The summed E-state index contributed by atoms with van der Waals surface area (Å²) in [5, 5.41) is 7.77. The van der Waals surface area contributed by atoms with Crippen LogP contribution in [0.2, 0.25) is 0 Å². The fourth-order valence-electron chi connectivity index (χ4n) is 1.63. The first-order chi connectivity index (χ1) is 9.51. The van der Waals surface area contributed by atoms with Crippen molar-refractivity contribution in [3.05, 3.63) is 15.8 Å². The van der Waals surface area contributed by atoms with Crippen LogP contribution in [0.3, 0.4) is 0 Å². The highest BCUT2D eigenvalue weighted by molar-refractivity contribution is 7.12. The molecule has 1 aromatic rings. The highest BCUT2D eigenvalue weighted by Crippen LogP contribution is 2.28. The molecule has 1 aromatic heterocycles. The monoisotopic (exact) mass is 334 g/mol. The molecule has 0 spiro atoms. The molecule has 1 atom stereocenters. The van der Waals surface area contributed by atoms with Gasteiger partial charge in [0.2, 0.25) is 5.91 Å². The van der Waals surface area contributed by atoms with E-state index in [-0.39, 0.29) is 24.4 Å². The van der Waals surface area contributed by atoms with Crippen molar-refractivity contribution in [1.82, 2.24) is 5.32 Å². The van der Waals surface area contributed by atoms with Crippen molar-refractivity contribution in [2.45, 2.75) is 40.2 Å². The summed E-state index contributed by atoms with van der Waals surface area (Å²) in [4.78, 5) is 24.3. The van der Waals surface area contributed by atoms with Gasteiger partial charge in [0.15, 0.2) is 0 Å². The summed E-state index contributed by atoms with van der Waals surface area (Å²) < 4.78 is 4.99. The van der Waals surface area contributed by atoms with Crippen LogP contribution in [0.1, 0.15) is 42.4 Å². The van der Waals surface area contributed by atoms with Crippen LogP contribution in [0, 0.1) is 6.92 Å². The van der Waals surface area contributed by atoms with Crippen LogP contribution >= 0.6 is 23.7 Å². The van der Waals surface area contributed by atoms with Gasteiger partial charge in [-0.15, -0.1) is 23.7 Å². The number of carbonyl (C=O) groups is 2. The van der Waals surface area contributed by atoms with Gasteiger partial charge in [-0.05, 0) is 44.7 Å². The van der Waals surface area contributed by atoms with Crippen LogP contribution < -0.4 is 10.6 Å². The first-order valence-corrected chi connectivity index (χ1v) is 7.68. The van der Waals surface area contributed by atoms with Gasteiger partial charge in [0.25, 0.3) is 0 Å². The average molecular weight is 335 g/mol. The number of anilines is 1. The normalized spacial score (nSPS) is 11.4. The molecule has 0 fully saturated rings. The minimum atomic E-state index is -0.393. The average Bonchev–Trinajstić information content (AvgIpc) is 2.77. The molecule has 0 bridgehead atoms.